The molecule has 2 unspecified atom stereocenters. The molecule has 0 fully saturated rings. The fraction of sp³-hybridized carbons (Fsp3) is 0.619. The molecule has 0 spiro atoms. The van der Waals surface area contributed by atoms with Gasteiger partial charge in [0.1, 0.15) is 11.9 Å². The van der Waals surface area contributed by atoms with E-state index in [1.54, 1.807) is 7.11 Å². The van der Waals surface area contributed by atoms with Gasteiger partial charge in [0.15, 0.2) is 11.5 Å². The highest BCUT2D eigenvalue weighted by molar-refractivity contribution is 5.51. The van der Waals surface area contributed by atoms with Gasteiger partial charge < -0.3 is 24.2 Å². The number of aliphatic hydroxyl groups excluding tert-OH is 1. The lowest BCUT2D eigenvalue weighted by molar-refractivity contribution is 0.120. The molecule has 3 rings (SSSR count). The third-order valence-electron chi connectivity index (χ3n) is 4.88. The standard InChI is InChI=1S/C19H27NO4.C2H6/c1-4-8-20(2)9-7-13-10-17-18(24-12-23-17)11-15(13)14-5-6-16(22-3)19(14)21;1-2/h6,10-11,14,19,21H,4-5,7-9,12H2,1-3H3;1-2H3. The predicted molar refractivity (Wildman–Crippen MR) is 104 cm³/mol. The van der Waals surface area contributed by atoms with Crippen LogP contribution in [-0.4, -0.2) is 50.2 Å². The number of methoxy groups -OCH3 is 1. The Hall–Kier alpha value is -1.72. The smallest absolute Gasteiger partial charge is 0.231 e. The van der Waals surface area contributed by atoms with E-state index in [4.69, 9.17) is 14.2 Å². The van der Waals surface area contributed by atoms with Crippen LogP contribution in [0.4, 0.5) is 0 Å². The molecule has 0 radical (unpaired) electrons. The Morgan fingerprint density at radius 1 is 1.19 bits per heavy atom. The minimum absolute atomic E-state index is 0.0148. The second-order valence-corrected chi connectivity index (χ2v) is 6.56. The van der Waals surface area contributed by atoms with Crippen molar-refractivity contribution in [1.82, 2.24) is 4.90 Å². The van der Waals surface area contributed by atoms with E-state index in [-0.39, 0.29) is 12.7 Å². The van der Waals surface area contributed by atoms with Gasteiger partial charge in [-0.3, -0.25) is 0 Å². The largest absolute Gasteiger partial charge is 0.499 e. The molecule has 0 amide bonds. The molecule has 1 N–H and O–H groups in total. The SMILES string of the molecule is CC.CCCN(C)CCc1cc2c(cc1C1CC=C(OC)C1O)OCO2. The summed E-state index contributed by atoms with van der Waals surface area (Å²) in [6.07, 6.45) is 4.23. The normalized spacial score (nSPS) is 20.7. The van der Waals surface area contributed by atoms with Crippen LogP contribution < -0.4 is 9.47 Å². The van der Waals surface area contributed by atoms with Gasteiger partial charge in [-0.1, -0.05) is 20.8 Å². The zero-order chi connectivity index (χ0) is 19.1. The Balaban J connectivity index is 0.00000117. The number of allylic oxidation sites excluding steroid dienone is 1. The van der Waals surface area contributed by atoms with Crippen LogP contribution in [0.5, 0.6) is 11.5 Å². The Morgan fingerprint density at radius 3 is 2.50 bits per heavy atom. The molecule has 0 saturated carbocycles. The van der Waals surface area contributed by atoms with Crippen molar-refractivity contribution in [1.29, 1.82) is 0 Å². The number of nitrogens with zero attached hydrogens (tertiary/aromatic N) is 1. The molecule has 26 heavy (non-hydrogen) atoms. The number of aliphatic hydroxyl groups is 1. The second kappa shape index (κ2) is 9.83. The summed E-state index contributed by atoms with van der Waals surface area (Å²) < 4.78 is 16.4. The van der Waals surface area contributed by atoms with Gasteiger partial charge in [-0.15, -0.1) is 0 Å². The molecule has 1 aliphatic heterocycles. The highest BCUT2D eigenvalue weighted by Crippen LogP contribution is 2.42. The van der Waals surface area contributed by atoms with Crippen LogP contribution in [0, 0.1) is 0 Å². The second-order valence-electron chi connectivity index (χ2n) is 6.56. The average Bonchev–Trinajstić information content (AvgIpc) is 3.26. The summed E-state index contributed by atoms with van der Waals surface area (Å²) in [6.45, 7) is 8.52. The van der Waals surface area contributed by atoms with Gasteiger partial charge in [0.25, 0.3) is 0 Å². The molecule has 5 heteroatoms. The van der Waals surface area contributed by atoms with E-state index >= 15 is 0 Å². The number of ether oxygens (including phenoxy) is 3. The Kier molecular flexibility index (Phi) is 7.79. The Bertz CT molecular complexity index is 614. The van der Waals surface area contributed by atoms with Crippen molar-refractivity contribution in [3.8, 4) is 11.5 Å². The van der Waals surface area contributed by atoms with Gasteiger partial charge in [0.2, 0.25) is 6.79 Å². The fourth-order valence-corrected chi connectivity index (χ4v) is 3.56. The van der Waals surface area contributed by atoms with E-state index in [1.165, 1.54) is 5.56 Å². The topological polar surface area (TPSA) is 51.2 Å². The first-order valence-corrected chi connectivity index (χ1v) is 9.67. The Labute approximate surface area is 157 Å². The minimum atomic E-state index is -0.595. The zero-order valence-corrected chi connectivity index (χ0v) is 16.7. The lowest BCUT2D eigenvalue weighted by Crippen LogP contribution is -2.23. The minimum Gasteiger partial charge on any atom is -0.499 e. The zero-order valence-electron chi connectivity index (χ0n) is 16.7. The first-order chi connectivity index (χ1) is 12.6. The molecule has 0 aromatic heterocycles. The van der Waals surface area contributed by atoms with Crippen molar-refractivity contribution in [2.24, 2.45) is 0 Å². The molecule has 0 saturated heterocycles. The van der Waals surface area contributed by atoms with Crippen molar-refractivity contribution in [2.75, 3.05) is 34.0 Å². The van der Waals surface area contributed by atoms with Crippen molar-refractivity contribution < 1.29 is 19.3 Å². The van der Waals surface area contributed by atoms with Gasteiger partial charge in [0, 0.05) is 12.5 Å². The first-order valence-electron chi connectivity index (χ1n) is 9.67. The van der Waals surface area contributed by atoms with Gasteiger partial charge in [-0.25, -0.2) is 0 Å². The molecular formula is C21H33NO4. The predicted octanol–water partition coefficient (Wildman–Crippen LogP) is 3.70. The van der Waals surface area contributed by atoms with E-state index in [1.807, 2.05) is 26.0 Å². The third-order valence-corrected chi connectivity index (χ3v) is 4.88. The maximum absolute atomic E-state index is 10.6. The summed E-state index contributed by atoms with van der Waals surface area (Å²) in [6, 6.07) is 4.12. The molecule has 1 aromatic carbocycles. The van der Waals surface area contributed by atoms with Crippen LogP contribution >= 0.6 is 0 Å². The quantitative estimate of drug-likeness (QED) is 0.800. The number of hydrogen-bond acceptors (Lipinski definition) is 5. The molecule has 2 aliphatic rings. The molecule has 146 valence electrons. The molecule has 1 heterocycles. The third kappa shape index (κ3) is 4.51. The molecule has 2 atom stereocenters. The number of hydrogen-bond donors (Lipinski definition) is 1. The van der Waals surface area contributed by atoms with Gasteiger partial charge in [-0.05, 0) is 62.2 Å². The molecule has 0 bridgehead atoms. The number of benzene rings is 1. The molecule has 1 aliphatic carbocycles. The first kappa shape index (κ1) is 20.6. The van der Waals surface area contributed by atoms with Crippen LogP contribution in [0.3, 0.4) is 0 Å². The van der Waals surface area contributed by atoms with E-state index in [0.29, 0.717) is 5.76 Å². The summed E-state index contributed by atoms with van der Waals surface area (Å²) >= 11 is 0. The van der Waals surface area contributed by atoms with Crippen molar-refractivity contribution in [2.45, 2.75) is 52.1 Å². The summed E-state index contributed by atoms with van der Waals surface area (Å²) in [5.74, 6) is 2.25. The van der Waals surface area contributed by atoms with Crippen LogP contribution in [-0.2, 0) is 11.2 Å². The molecule has 1 aromatic rings. The van der Waals surface area contributed by atoms with Crippen molar-refractivity contribution in [3.05, 3.63) is 35.1 Å². The van der Waals surface area contributed by atoms with Gasteiger partial charge in [-0.2, -0.15) is 0 Å². The summed E-state index contributed by atoms with van der Waals surface area (Å²) in [5, 5.41) is 10.6. The monoisotopic (exact) mass is 363 g/mol. The number of fused-ring (bicyclic) bond motifs is 1. The Morgan fingerprint density at radius 2 is 1.88 bits per heavy atom. The lowest BCUT2D eigenvalue weighted by atomic mass is 9.88. The van der Waals surface area contributed by atoms with E-state index in [0.717, 1.165) is 49.4 Å². The van der Waals surface area contributed by atoms with E-state index in [9.17, 15) is 5.11 Å². The summed E-state index contributed by atoms with van der Waals surface area (Å²) in [5.41, 5.74) is 2.36. The van der Waals surface area contributed by atoms with E-state index in [2.05, 4.69) is 24.9 Å². The van der Waals surface area contributed by atoms with Crippen LogP contribution in [0.15, 0.2) is 24.0 Å². The van der Waals surface area contributed by atoms with E-state index < -0.39 is 6.10 Å². The fourth-order valence-electron chi connectivity index (χ4n) is 3.56. The molecular weight excluding hydrogens is 330 g/mol. The van der Waals surface area contributed by atoms with Gasteiger partial charge >= 0.3 is 0 Å². The number of rotatable bonds is 7. The highest BCUT2D eigenvalue weighted by atomic mass is 16.7. The van der Waals surface area contributed by atoms with Crippen molar-refractivity contribution in [3.63, 3.8) is 0 Å². The summed E-state index contributed by atoms with van der Waals surface area (Å²) in [4.78, 5) is 2.33. The van der Waals surface area contributed by atoms with Crippen LogP contribution in [0.2, 0.25) is 0 Å². The van der Waals surface area contributed by atoms with Crippen LogP contribution in [0.25, 0.3) is 0 Å². The summed E-state index contributed by atoms with van der Waals surface area (Å²) in [7, 11) is 3.75. The maximum Gasteiger partial charge on any atom is 0.231 e. The van der Waals surface area contributed by atoms with Gasteiger partial charge in [0.05, 0.1) is 7.11 Å². The average molecular weight is 363 g/mol. The lowest BCUT2D eigenvalue weighted by Gasteiger charge is -2.22. The van der Waals surface area contributed by atoms with Crippen LogP contribution in [0.1, 0.15) is 50.7 Å². The number of likely N-dealkylation sites (N-methyl/N-ethyl adjacent to an activating group) is 1. The van der Waals surface area contributed by atoms with Crippen molar-refractivity contribution >= 4 is 0 Å². The maximum atomic E-state index is 10.6. The highest BCUT2D eigenvalue weighted by Gasteiger charge is 2.33. The molecule has 5 nitrogen and oxygen atoms in total.